The minimum absolute atomic E-state index is 0.140. The number of carbonyl (C=O) groups is 2. The van der Waals surface area contributed by atoms with E-state index >= 15 is 0 Å². The van der Waals surface area contributed by atoms with Crippen molar-refractivity contribution in [1.29, 1.82) is 0 Å². The van der Waals surface area contributed by atoms with Crippen LogP contribution in [0.2, 0.25) is 0 Å². The number of hydrogen-bond acceptors (Lipinski definition) is 4. The Kier molecular flexibility index (Phi) is 11.9. The van der Waals surface area contributed by atoms with Gasteiger partial charge < -0.3 is 14.9 Å². The lowest BCUT2D eigenvalue weighted by atomic mass is 10.0. The number of nitrogens with zero attached hydrogens (tertiary/aromatic N) is 1. The first-order valence-corrected chi connectivity index (χ1v) is 14.5. The summed E-state index contributed by atoms with van der Waals surface area (Å²) in [6.07, 6.45) is 3.28. The quantitative estimate of drug-likeness (QED) is 0.132. The van der Waals surface area contributed by atoms with E-state index in [-0.39, 0.29) is 18.1 Å². The van der Waals surface area contributed by atoms with Gasteiger partial charge in [0.25, 0.3) is 0 Å². The van der Waals surface area contributed by atoms with E-state index in [1.54, 1.807) is 12.1 Å². The van der Waals surface area contributed by atoms with Gasteiger partial charge in [-0.2, -0.15) is 0 Å². The summed E-state index contributed by atoms with van der Waals surface area (Å²) in [4.78, 5) is 24.6. The van der Waals surface area contributed by atoms with Gasteiger partial charge in [0.2, 0.25) is 0 Å². The molecule has 0 spiro atoms. The van der Waals surface area contributed by atoms with E-state index in [0.29, 0.717) is 32.7 Å². The number of hydrogen-bond donors (Lipinski definition) is 2. The molecule has 0 bridgehead atoms. The van der Waals surface area contributed by atoms with Gasteiger partial charge in [0.15, 0.2) is 0 Å². The lowest BCUT2D eigenvalue weighted by Gasteiger charge is -2.28. The standard InChI is InChI=1S/C36H39NO5/c38-35(39)13-7-8-24-37(25-30-20-22-33(23-21-30)36(40)41)26-34(32-11-5-2-6-12-32)42-27-31-18-16-29(17-19-31)15-14-28-9-3-1-4-10-28/h1-6,9-12,16-23,34H,7-8,13-15,24-27H2,(H,38,39)(H,40,41). The van der Waals surface area contributed by atoms with E-state index in [1.165, 1.54) is 11.1 Å². The zero-order valence-corrected chi connectivity index (χ0v) is 23.9. The van der Waals surface area contributed by atoms with Crippen molar-refractivity contribution in [2.75, 3.05) is 13.1 Å². The first-order valence-electron chi connectivity index (χ1n) is 14.5. The normalized spacial score (nSPS) is 11.8. The van der Waals surface area contributed by atoms with Crippen molar-refractivity contribution >= 4 is 11.9 Å². The van der Waals surface area contributed by atoms with Crippen LogP contribution in [0.15, 0.2) is 109 Å². The molecule has 0 saturated carbocycles. The maximum Gasteiger partial charge on any atom is 0.335 e. The number of aromatic carboxylic acids is 1. The molecular weight excluding hydrogens is 526 g/mol. The molecule has 42 heavy (non-hydrogen) atoms. The topological polar surface area (TPSA) is 87.1 Å². The number of carboxylic acids is 2. The van der Waals surface area contributed by atoms with Crippen molar-refractivity contribution in [1.82, 2.24) is 4.90 Å². The molecule has 6 heteroatoms. The molecule has 0 radical (unpaired) electrons. The Balaban J connectivity index is 1.42. The zero-order valence-electron chi connectivity index (χ0n) is 23.9. The van der Waals surface area contributed by atoms with Crippen LogP contribution in [-0.4, -0.2) is 40.1 Å². The van der Waals surface area contributed by atoms with E-state index in [0.717, 1.165) is 36.0 Å². The third-order valence-electron chi connectivity index (χ3n) is 7.34. The van der Waals surface area contributed by atoms with Crippen LogP contribution < -0.4 is 0 Å². The highest BCUT2D eigenvalue weighted by atomic mass is 16.5. The summed E-state index contributed by atoms with van der Waals surface area (Å²) in [6, 6.07) is 36.2. The van der Waals surface area contributed by atoms with Gasteiger partial charge in [-0.05, 0) is 72.2 Å². The second kappa shape index (κ2) is 16.2. The van der Waals surface area contributed by atoms with E-state index in [9.17, 15) is 14.7 Å². The molecule has 4 rings (SSSR count). The van der Waals surface area contributed by atoms with Crippen LogP contribution in [0.3, 0.4) is 0 Å². The second-order valence-corrected chi connectivity index (χ2v) is 10.6. The number of ether oxygens (including phenoxy) is 1. The Morgan fingerprint density at radius 3 is 1.86 bits per heavy atom. The van der Waals surface area contributed by atoms with Crippen molar-refractivity contribution in [2.24, 2.45) is 0 Å². The van der Waals surface area contributed by atoms with Crippen LogP contribution >= 0.6 is 0 Å². The number of unbranched alkanes of at least 4 members (excludes halogenated alkanes) is 1. The monoisotopic (exact) mass is 565 g/mol. The molecule has 0 aliphatic heterocycles. The molecule has 218 valence electrons. The fourth-order valence-electron chi connectivity index (χ4n) is 4.95. The minimum Gasteiger partial charge on any atom is -0.481 e. The molecule has 0 heterocycles. The Bertz CT molecular complexity index is 1370. The molecule has 0 aliphatic carbocycles. The Hall–Kier alpha value is -4.26. The van der Waals surface area contributed by atoms with Gasteiger partial charge in [-0.3, -0.25) is 9.69 Å². The molecule has 4 aromatic rings. The SMILES string of the molecule is O=C(O)CCCCN(Cc1ccc(C(=O)O)cc1)CC(OCc1ccc(CCc2ccccc2)cc1)c1ccccc1. The van der Waals surface area contributed by atoms with Gasteiger partial charge in [-0.1, -0.05) is 97.1 Å². The fourth-order valence-corrected chi connectivity index (χ4v) is 4.95. The summed E-state index contributed by atoms with van der Waals surface area (Å²) >= 11 is 0. The van der Waals surface area contributed by atoms with E-state index in [4.69, 9.17) is 9.84 Å². The lowest BCUT2D eigenvalue weighted by molar-refractivity contribution is -0.137. The van der Waals surface area contributed by atoms with Crippen LogP contribution in [0.5, 0.6) is 0 Å². The average Bonchev–Trinajstić information content (AvgIpc) is 3.01. The summed E-state index contributed by atoms with van der Waals surface area (Å²) in [5.41, 5.74) is 6.06. The van der Waals surface area contributed by atoms with Crippen LogP contribution in [0.4, 0.5) is 0 Å². The van der Waals surface area contributed by atoms with Crippen molar-refractivity contribution in [3.05, 3.63) is 143 Å². The largest absolute Gasteiger partial charge is 0.481 e. The van der Waals surface area contributed by atoms with Crippen LogP contribution in [0.1, 0.15) is 63.5 Å². The maximum atomic E-state index is 11.3. The van der Waals surface area contributed by atoms with Crippen LogP contribution in [-0.2, 0) is 35.5 Å². The van der Waals surface area contributed by atoms with Gasteiger partial charge in [-0.25, -0.2) is 4.79 Å². The molecule has 1 unspecified atom stereocenters. The number of benzene rings is 4. The third kappa shape index (κ3) is 10.3. The minimum atomic E-state index is -0.950. The van der Waals surface area contributed by atoms with Gasteiger partial charge >= 0.3 is 11.9 Å². The summed E-state index contributed by atoms with van der Waals surface area (Å²) in [5, 5.41) is 18.3. The lowest BCUT2D eigenvalue weighted by Crippen LogP contribution is -2.30. The Labute approximate surface area is 248 Å². The molecule has 0 saturated heterocycles. The fraction of sp³-hybridized carbons (Fsp3) is 0.278. The van der Waals surface area contributed by atoms with Crippen LogP contribution in [0.25, 0.3) is 0 Å². The number of aryl methyl sites for hydroxylation is 2. The maximum absolute atomic E-state index is 11.3. The van der Waals surface area contributed by atoms with Crippen molar-refractivity contribution in [3.63, 3.8) is 0 Å². The number of rotatable bonds is 17. The second-order valence-electron chi connectivity index (χ2n) is 10.6. The first-order chi connectivity index (χ1) is 20.5. The smallest absolute Gasteiger partial charge is 0.335 e. The highest BCUT2D eigenvalue weighted by Gasteiger charge is 2.18. The van der Waals surface area contributed by atoms with E-state index in [1.807, 2.05) is 36.4 Å². The Morgan fingerprint density at radius 2 is 1.24 bits per heavy atom. The molecule has 0 aliphatic rings. The predicted molar refractivity (Wildman–Crippen MR) is 164 cm³/mol. The van der Waals surface area contributed by atoms with Gasteiger partial charge in [-0.15, -0.1) is 0 Å². The number of carboxylic acid groups (broad SMARTS) is 2. The van der Waals surface area contributed by atoms with Crippen molar-refractivity contribution in [3.8, 4) is 0 Å². The van der Waals surface area contributed by atoms with Crippen LogP contribution in [0, 0.1) is 0 Å². The van der Waals surface area contributed by atoms with Crippen molar-refractivity contribution < 1.29 is 24.5 Å². The molecule has 6 nitrogen and oxygen atoms in total. The predicted octanol–water partition coefficient (Wildman–Crippen LogP) is 7.19. The van der Waals surface area contributed by atoms with Gasteiger partial charge in [0.1, 0.15) is 0 Å². The molecule has 0 aromatic heterocycles. The summed E-state index contributed by atoms with van der Waals surface area (Å²) in [5.74, 6) is -1.74. The molecule has 0 fully saturated rings. The molecule has 1 atom stereocenters. The molecule has 2 N–H and O–H groups in total. The third-order valence-corrected chi connectivity index (χ3v) is 7.34. The molecular formula is C36H39NO5. The highest BCUT2D eigenvalue weighted by Crippen LogP contribution is 2.23. The molecule has 0 amide bonds. The number of aliphatic carboxylic acids is 1. The summed E-state index contributed by atoms with van der Waals surface area (Å²) < 4.78 is 6.53. The van der Waals surface area contributed by atoms with Gasteiger partial charge in [0, 0.05) is 19.5 Å². The van der Waals surface area contributed by atoms with E-state index in [2.05, 4.69) is 65.6 Å². The van der Waals surface area contributed by atoms with E-state index < -0.39 is 11.9 Å². The van der Waals surface area contributed by atoms with Gasteiger partial charge in [0.05, 0.1) is 18.3 Å². The first kappa shape index (κ1) is 30.7. The molecule has 4 aromatic carbocycles. The van der Waals surface area contributed by atoms with Crippen molar-refractivity contribution in [2.45, 2.75) is 51.4 Å². The summed E-state index contributed by atoms with van der Waals surface area (Å²) in [7, 11) is 0. The average molecular weight is 566 g/mol. The zero-order chi connectivity index (χ0) is 29.6. The Morgan fingerprint density at radius 1 is 0.667 bits per heavy atom. The highest BCUT2D eigenvalue weighted by molar-refractivity contribution is 5.87. The summed E-state index contributed by atoms with van der Waals surface area (Å²) in [6.45, 7) is 2.40.